The molecule has 2 rings (SSSR count). The summed E-state index contributed by atoms with van der Waals surface area (Å²) in [5.74, 6) is 1.85. The Morgan fingerprint density at radius 3 is 2.46 bits per heavy atom. The maximum Gasteiger partial charge on any atom is 0.190 e. The van der Waals surface area contributed by atoms with E-state index in [2.05, 4.69) is 64.3 Å². The van der Waals surface area contributed by atoms with E-state index in [0.717, 1.165) is 55.3 Å². The van der Waals surface area contributed by atoms with Crippen molar-refractivity contribution >= 4 is 17.0 Å². The summed E-state index contributed by atoms with van der Waals surface area (Å²) < 4.78 is 0. The van der Waals surface area contributed by atoms with Crippen molar-refractivity contribution in [1.29, 1.82) is 0 Å². The molecular formula is C20H34N6. The third-order valence-corrected chi connectivity index (χ3v) is 4.53. The predicted octanol–water partition coefficient (Wildman–Crippen LogP) is 2.78. The number of guanidine groups is 1. The molecule has 144 valence electrons. The maximum atomic E-state index is 4.60. The number of benzene rings is 1. The number of para-hydroxylation sites is 2. The lowest BCUT2D eigenvalue weighted by atomic mass is 10.2. The minimum absolute atomic E-state index is 0.580. The first-order chi connectivity index (χ1) is 12.5. The third kappa shape index (κ3) is 6.02. The van der Waals surface area contributed by atoms with E-state index in [1.165, 1.54) is 0 Å². The van der Waals surface area contributed by atoms with Crippen LogP contribution in [-0.4, -0.2) is 59.6 Å². The zero-order valence-electron chi connectivity index (χ0n) is 16.8. The van der Waals surface area contributed by atoms with Crippen LogP contribution in [-0.2, 0) is 6.42 Å². The van der Waals surface area contributed by atoms with Crippen molar-refractivity contribution in [3.05, 3.63) is 30.1 Å². The lowest BCUT2D eigenvalue weighted by Gasteiger charge is -2.30. The number of hydrogen-bond donors (Lipinski definition) is 3. The van der Waals surface area contributed by atoms with E-state index in [1.54, 1.807) is 0 Å². The molecule has 0 fully saturated rings. The van der Waals surface area contributed by atoms with Crippen LogP contribution in [0.1, 0.15) is 39.9 Å². The van der Waals surface area contributed by atoms with Crippen LogP contribution in [0.15, 0.2) is 29.3 Å². The molecule has 26 heavy (non-hydrogen) atoms. The molecule has 0 aliphatic carbocycles. The first-order valence-electron chi connectivity index (χ1n) is 9.65. The SMILES string of the molecule is CN=C(NCCCN(C(C)C)C(C)C)NCCc1nc2ccccc2[nH]1. The van der Waals surface area contributed by atoms with Gasteiger partial charge in [-0.25, -0.2) is 4.98 Å². The first kappa shape index (κ1) is 20.2. The molecule has 0 unspecified atom stereocenters. The third-order valence-electron chi connectivity index (χ3n) is 4.53. The van der Waals surface area contributed by atoms with E-state index in [0.29, 0.717) is 12.1 Å². The number of nitrogens with zero attached hydrogens (tertiary/aromatic N) is 3. The number of aromatic amines is 1. The van der Waals surface area contributed by atoms with Crippen molar-refractivity contribution in [3.63, 3.8) is 0 Å². The Balaban J connectivity index is 1.69. The zero-order valence-corrected chi connectivity index (χ0v) is 16.8. The van der Waals surface area contributed by atoms with Crippen LogP contribution in [0, 0.1) is 0 Å². The number of rotatable bonds is 9. The average Bonchev–Trinajstić information content (AvgIpc) is 3.02. The molecule has 0 atom stereocenters. The van der Waals surface area contributed by atoms with E-state index >= 15 is 0 Å². The van der Waals surface area contributed by atoms with Gasteiger partial charge in [-0.2, -0.15) is 0 Å². The van der Waals surface area contributed by atoms with E-state index in [1.807, 2.05) is 25.2 Å². The molecule has 3 N–H and O–H groups in total. The Bertz CT molecular complexity index is 647. The molecule has 0 aliphatic heterocycles. The van der Waals surface area contributed by atoms with Gasteiger partial charge in [0.05, 0.1) is 11.0 Å². The van der Waals surface area contributed by atoms with Crippen LogP contribution in [0.25, 0.3) is 11.0 Å². The van der Waals surface area contributed by atoms with Crippen LogP contribution < -0.4 is 10.6 Å². The summed E-state index contributed by atoms with van der Waals surface area (Å²) in [6, 6.07) is 9.27. The molecule has 0 radical (unpaired) electrons. The van der Waals surface area contributed by atoms with Gasteiger partial charge in [-0.1, -0.05) is 12.1 Å². The molecule has 1 heterocycles. The normalized spacial score (nSPS) is 12.5. The van der Waals surface area contributed by atoms with Gasteiger partial charge < -0.3 is 15.6 Å². The summed E-state index contributed by atoms with van der Waals surface area (Å²) in [6.07, 6.45) is 1.94. The molecule has 0 saturated carbocycles. The Morgan fingerprint density at radius 2 is 1.81 bits per heavy atom. The van der Waals surface area contributed by atoms with Gasteiger partial charge in [0.15, 0.2) is 5.96 Å². The summed E-state index contributed by atoms with van der Waals surface area (Å²) in [4.78, 5) is 14.8. The molecule has 0 saturated heterocycles. The molecule has 0 aliphatic rings. The molecular weight excluding hydrogens is 324 g/mol. The van der Waals surface area contributed by atoms with Crippen molar-refractivity contribution in [1.82, 2.24) is 25.5 Å². The number of aromatic nitrogens is 2. The summed E-state index contributed by atoms with van der Waals surface area (Å²) in [6.45, 7) is 11.8. The molecule has 6 nitrogen and oxygen atoms in total. The van der Waals surface area contributed by atoms with Crippen molar-refractivity contribution < 1.29 is 0 Å². The molecule has 1 aromatic carbocycles. The van der Waals surface area contributed by atoms with Gasteiger partial charge in [-0.3, -0.25) is 9.89 Å². The van der Waals surface area contributed by atoms with Gasteiger partial charge in [-0.05, 0) is 46.2 Å². The quantitative estimate of drug-likeness (QED) is 0.366. The van der Waals surface area contributed by atoms with Crippen molar-refractivity contribution in [2.75, 3.05) is 26.7 Å². The van der Waals surface area contributed by atoms with Crippen LogP contribution in [0.5, 0.6) is 0 Å². The van der Waals surface area contributed by atoms with E-state index < -0.39 is 0 Å². The number of fused-ring (bicyclic) bond motifs is 1. The lowest BCUT2D eigenvalue weighted by molar-refractivity contribution is 0.173. The van der Waals surface area contributed by atoms with Crippen molar-refractivity contribution in [3.8, 4) is 0 Å². The van der Waals surface area contributed by atoms with Crippen molar-refractivity contribution in [2.24, 2.45) is 4.99 Å². The van der Waals surface area contributed by atoms with Crippen LogP contribution >= 0.6 is 0 Å². The van der Waals surface area contributed by atoms with Crippen molar-refractivity contribution in [2.45, 2.75) is 52.6 Å². The second-order valence-electron chi connectivity index (χ2n) is 7.16. The molecule has 0 amide bonds. The largest absolute Gasteiger partial charge is 0.356 e. The fraction of sp³-hybridized carbons (Fsp3) is 0.600. The summed E-state index contributed by atoms with van der Waals surface area (Å²) in [5.41, 5.74) is 2.11. The van der Waals surface area contributed by atoms with Gasteiger partial charge in [-0.15, -0.1) is 0 Å². The highest BCUT2D eigenvalue weighted by Crippen LogP contribution is 2.10. The molecule has 2 aromatic rings. The van der Waals surface area contributed by atoms with E-state index in [4.69, 9.17) is 0 Å². The fourth-order valence-corrected chi connectivity index (χ4v) is 3.23. The van der Waals surface area contributed by atoms with E-state index in [9.17, 15) is 0 Å². The lowest BCUT2D eigenvalue weighted by Crippen LogP contribution is -2.41. The number of imidazole rings is 1. The minimum atomic E-state index is 0.580. The Labute approximate surface area is 157 Å². The van der Waals surface area contributed by atoms with Gasteiger partial charge >= 0.3 is 0 Å². The van der Waals surface area contributed by atoms with Crippen LogP contribution in [0.3, 0.4) is 0 Å². The zero-order chi connectivity index (χ0) is 18.9. The standard InChI is InChI=1S/C20H34N6/c1-15(2)26(16(3)4)14-8-12-22-20(21-5)23-13-11-19-24-17-9-6-7-10-18(17)25-19/h6-7,9-10,15-16H,8,11-14H2,1-5H3,(H,24,25)(H2,21,22,23). The number of H-pyrrole nitrogens is 1. The highest BCUT2D eigenvalue weighted by Gasteiger charge is 2.12. The number of nitrogens with one attached hydrogen (secondary N) is 3. The second kappa shape index (κ2) is 10.2. The van der Waals surface area contributed by atoms with Gasteiger partial charge in [0.1, 0.15) is 5.82 Å². The minimum Gasteiger partial charge on any atom is -0.356 e. The monoisotopic (exact) mass is 358 g/mol. The van der Waals surface area contributed by atoms with Gasteiger partial charge in [0, 0.05) is 45.2 Å². The summed E-state index contributed by atoms with van der Waals surface area (Å²) in [7, 11) is 1.81. The summed E-state index contributed by atoms with van der Waals surface area (Å²) in [5, 5.41) is 6.76. The Hall–Kier alpha value is -2.08. The fourth-order valence-electron chi connectivity index (χ4n) is 3.23. The van der Waals surface area contributed by atoms with Crippen LogP contribution in [0.2, 0.25) is 0 Å². The highest BCUT2D eigenvalue weighted by atomic mass is 15.2. The average molecular weight is 359 g/mol. The first-order valence-corrected chi connectivity index (χ1v) is 9.65. The smallest absolute Gasteiger partial charge is 0.190 e. The highest BCUT2D eigenvalue weighted by molar-refractivity contribution is 5.79. The summed E-state index contributed by atoms with van der Waals surface area (Å²) >= 11 is 0. The molecule has 1 aromatic heterocycles. The predicted molar refractivity (Wildman–Crippen MR) is 111 cm³/mol. The number of hydrogen-bond acceptors (Lipinski definition) is 3. The van der Waals surface area contributed by atoms with E-state index in [-0.39, 0.29) is 0 Å². The topological polar surface area (TPSA) is 68.3 Å². The Kier molecular flexibility index (Phi) is 7.91. The van der Waals surface area contributed by atoms with Gasteiger partial charge in [0.25, 0.3) is 0 Å². The van der Waals surface area contributed by atoms with Gasteiger partial charge in [0.2, 0.25) is 0 Å². The molecule has 6 heteroatoms. The molecule has 0 bridgehead atoms. The van der Waals surface area contributed by atoms with Crippen LogP contribution in [0.4, 0.5) is 0 Å². The number of aliphatic imine (C=N–C) groups is 1. The Morgan fingerprint density at radius 1 is 1.12 bits per heavy atom. The maximum absolute atomic E-state index is 4.60. The second-order valence-corrected chi connectivity index (χ2v) is 7.16. The molecule has 0 spiro atoms.